The number of hydrogen-bond acceptors (Lipinski definition) is 3. The van der Waals surface area contributed by atoms with Crippen LogP contribution < -0.4 is 4.72 Å². The van der Waals surface area contributed by atoms with Gasteiger partial charge in [-0.25, -0.2) is 8.42 Å². The fraction of sp³-hybridized carbons (Fsp3) is 0.455. The van der Waals surface area contributed by atoms with Gasteiger partial charge >= 0.3 is 0 Å². The second kappa shape index (κ2) is 5.21. The van der Waals surface area contributed by atoms with Gasteiger partial charge in [0, 0.05) is 0 Å². The molecule has 0 saturated heterocycles. The van der Waals surface area contributed by atoms with Crippen LogP contribution in [0.4, 0.5) is 5.69 Å². The monoisotopic (exact) mass is 243 g/mol. The van der Waals surface area contributed by atoms with E-state index in [0.717, 1.165) is 0 Å². The summed E-state index contributed by atoms with van der Waals surface area (Å²) in [4.78, 5) is 0. The molecular weight excluding hydrogens is 226 g/mol. The Labute approximate surface area is 96.4 Å². The van der Waals surface area contributed by atoms with Crippen LogP contribution in [0.5, 0.6) is 5.75 Å². The summed E-state index contributed by atoms with van der Waals surface area (Å²) in [7, 11) is -3.36. The molecule has 0 fully saturated rings. The molecule has 0 radical (unpaired) electrons. The molecule has 5 heteroatoms. The molecule has 2 N–H and O–H groups in total. The molecule has 0 aliphatic carbocycles. The van der Waals surface area contributed by atoms with Crippen molar-refractivity contribution in [3.8, 4) is 5.75 Å². The lowest BCUT2D eigenvalue weighted by Gasteiger charge is -2.10. The number of hydrogen-bond donors (Lipinski definition) is 2. The average Bonchev–Trinajstić information content (AvgIpc) is 2.19. The zero-order valence-corrected chi connectivity index (χ0v) is 10.3. The molecule has 0 aliphatic heterocycles. The van der Waals surface area contributed by atoms with Gasteiger partial charge in [0.05, 0.1) is 11.4 Å². The van der Waals surface area contributed by atoms with Gasteiger partial charge in [0.15, 0.2) is 0 Å². The Morgan fingerprint density at radius 2 is 1.94 bits per heavy atom. The van der Waals surface area contributed by atoms with E-state index in [1.54, 1.807) is 12.1 Å². The lowest BCUT2D eigenvalue weighted by Crippen LogP contribution is -2.17. The highest BCUT2D eigenvalue weighted by molar-refractivity contribution is 7.92. The minimum atomic E-state index is -3.36. The first-order valence-electron chi connectivity index (χ1n) is 5.19. The van der Waals surface area contributed by atoms with Crippen LogP contribution in [0.15, 0.2) is 24.3 Å². The van der Waals surface area contributed by atoms with Gasteiger partial charge in [0.25, 0.3) is 0 Å². The van der Waals surface area contributed by atoms with E-state index in [-0.39, 0.29) is 17.2 Å². The molecule has 0 bridgehead atoms. The molecular formula is C11H17NO3S. The first kappa shape index (κ1) is 12.8. The third-order valence-electron chi connectivity index (χ3n) is 2.13. The van der Waals surface area contributed by atoms with E-state index in [4.69, 9.17) is 0 Å². The van der Waals surface area contributed by atoms with Gasteiger partial charge in [-0.05, 0) is 24.5 Å². The van der Waals surface area contributed by atoms with E-state index in [1.165, 1.54) is 12.1 Å². The minimum absolute atomic E-state index is 0.0596. The number of benzene rings is 1. The van der Waals surface area contributed by atoms with Crippen LogP contribution in [-0.2, 0) is 10.0 Å². The van der Waals surface area contributed by atoms with Gasteiger partial charge in [-0.3, -0.25) is 4.72 Å². The molecule has 1 rings (SSSR count). The van der Waals surface area contributed by atoms with E-state index in [1.807, 2.05) is 13.8 Å². The topological polar surface area (TPSA) is 66.4 Å². The summed E-state index contributed by atoms with van der Waals surface area (Å²) in [6.07, 6.45) is 0.600. The SMILES string of the molecule is CC(C)CCS(=O)(=O)Nc1ccccc1O. The number of anilines is 1. The van der Waals surface area contributed by atoms with Crippen molar-refractivity contribution in [3.63, 3.8) is 0 Å². The summed E-state index contributed by atoms with van der Waals surface area (Å²) in [5.41, 5.74) is 0.228. The van der Waals surface area contributed by atoms with Crippen LogP contribution in [0.1, 0.15) is 20.3 Å². The quantitative estimate of drug-likeness (QED) is 0.779. The van der Waals surface area contributed by atoms with Crippen molar-refractivity contribution in [2.75, 3.05) is 10.5 Å². The molecule has 1 aromatic rings. The van der Waals surface area contributed by atoms with E-state index in [0.29, 0.717) is 12.3 Å². The van der Waals surface area contributed by atoms with Crippen molar-refractivity contribution in [2.45, 2.75) is 20.3 Å². The van der Waals surface area contributed by atoms with Gasteiger partial charge in [0.1, 0.15) is 5.75 Å². The number of aromatic hydroxyl groups is 1. The third kappa shape index (κ3) is 4.10. The van der Waals surface area contributed by atoms with Crippen LogP contribution in [0.2, 0.25) is 0 Å². The zero-order chi connectivity index (χ0) is 12.2. The van der Waals surface area contributed by atoms with E-state index in [9.17, 15) is 13.5 Å². The summed E-state index contributed by atoms with van der Waals surface area (Å²) in [6, 6.07) is 6.28. The third-order valence-corrected chi connectivity index (χ3v) is 3.44. The zero-order valence-electron chi connectivity index (χ0n) is 9.47. The molecule has 0 saturated carbocycles. The predicted molar refractivity (Wildman–Crippen MR) is 65.0 cm³/mol. The Morgan fingerprint density at radius 3 is 2.50 bits per heavy atom. The maximum Gasteiger partial charge on any atom is 0.232 e. The molecule has 0 unspecified atom stereocenters. The Hall–Kier alpha value is -1.23. The van der Waals surface area contributed by atoms with Crippen molar-refractivity contribution in [1.29, 1.82) is 0 Å². The van der Waals surface area contributed by atoms with Gasteiger partial charge in [-0.2, -0.15) is 0 Å². The molecule has 0 heterocycles. The summed E-state index contributed by atoms with van der Waals surface area (Å²) in [5, 5.41) is 9.42. The Kier molecular flexibility index (Phi) is 4.18. The van der Waals surface area contributed by atoms with Crippen molar-refractivity contribution < 1.29 is 13.5 Å². The fourth-order valence-corrected chi connectivity index (χ4v) is 2.56. The number of phenolic OH excluding ortho intramolecular Hbond substituents is 1. The Bertz CT molecular complexity index is 440. The van der Waals surface area contributed by atoms with E-state index < -0.39 is 10.0 Å². The summed E-state index contributed by atoms with van der Waals surface area (Å²) >= 11 is 0. The van der Waals surface area contributed by atoms with Crippen LogP contribution in [0.25, 0.3) is 0 Å². The molecule has 0 amide bonds. The lowest BCUT2D eigenvalue weighted by molar-refractivity contribution is 0.477. The first-order valence-corrected chi connectivity index (χ1v) is 6.84. The molecule has 0 atom stereocenters. The molecule has 1 aromatic carbocycles. The van der Waals surface area contributed by atoms with Gasteiger partial charge in [-0.15, -0.1) is 0 Å². The summed E-state index contributed by atoms with van der Waals surface area (Å²) < 4.78 is 25.6. The van der Waals surface area contributed by atoms with Crippen LogP contribution >= 0.6 is 0 Å². The van der Waals surface area contributed by atoms with Crippen molar-refractivity contribution >= 4 is 15.7 Å². The summed E-state index contributed by atoms with van der Waals surface area (Å²) in [5.74, 6) is 0.343. The van der Waals surface area contributed by atoms with Gasteiger partial charge in [0.2, 0.25) is 10.0 Å². The number of rotatable bonds is 5. The molecule has 4 nitrogen and oxygen atoms in total. The highest BCUT2D eigenvalue weighted by Crippen LogP contribution is 2.23. The van der Waals surface area contributed by atoms with Crippen molar-refractivity contribution in [3.05, 3.63) is 24.3 Å². The summed E-state index contributed by atoms with van der Waals surface area (Å²) in [6.45, 7) is 3.94. The van der Waals surface area contributed by atoms with Crippen LogP contribution in [-0.4, -0.2) is 19.3 Å². The molecule has 0 spiro atoms. The number of nitrogens with one attached hydrogen (secondary N) is 1. The first-order chi connectivity index (χ1) is 7.41. The number of para-hydroxylation sites is 2. The number of sulfonamides is 1. The number of phenols is 1. The van der Waals surface area contributed by atoms with E-state index >= 15 is 0 Å². The minimum Gasteiger partial charge on any atom is -0.506 e. The maximum atomic E-state index is 11.6. The largest absolute Gasteiger partial charge is 0.506 e. The molecule has 0 aromatic heterocycles. The van der Waals surface area contributed by atoms with Crippen molar-refractivity contribution in [1.82, 2.24) is 0 Å². The predicted octanol–water partition coefficient (Wildman–Crippen LogP) is 2.18. The molecule has 0 aliphatic rings. The second-order valence-electron chi connectivity index (χ2n) is 4.12. The Balaban J connectivity index is 2.70. The Morgan fingerprint density at radius 1 is 1.31 bits per heavy atom. The van der Waals surface area contributed by atoms with Gasteiger partial charge in [-0.1, -0.05) is 26.0 Å². The maximum absolute atomic E-state index is 11.6. The normalized spacial score (nSPS) is 11.7. The smallest absolute Gasteiger partial charge is 0.232 e. The van der Waals surface area contributed by atoms with E-state index in [2.05, 4.69) is 4.72 Å². The standard InChI is InChI=1S/C11H17NO3S/c1-9(2)7-8-16(14,15)12-10-5-3-4-6-11(10)13/h3-6,9,12-13H,7-8H2,1-2H3. The lowest BCUT2D eigenvalue weighted by atomic mass is 10.2. The highest BCUT2D eigenvalue weighted by atomic mass is 32.2. The fourth-order valence-electron chi connectivity index (χ4n) is 1.17. The van der Waals surface area contributed by atoms with Crippen LogP contribution in [0, 0.1) is 5.92 Å². The second-order valence-corrected chi connectivity index (χ2v) is 5.96. The molecule has 90 valence electrons. The van der Waals surface area contributed by atoms with Crippen LogP contribution in [0.3, 0.4) is 0 Å². The van der Waals surface area contributed by atoms with Gasteiger partial charge < -0.3 is 5.11 Å². The van der Waals surface area contributed by atoms with Crippen molar-refractivity contribution in [2.24, 2.45) is 5.92 Å². The average molecular weight is 243 g/mol. The molecule has 16 heavy (non-hydrogen) atoms. The highest BCUT2D eigenvalue weighted by Gasteiger charge is 2.12.